The minimum atomic E-state index is 0.453. The molecule has 80 valence electrons. The number of piperidine rings is 1. The fourth-order valence-corrected chi connectivity index (χ4v) is 2.91. The molecule has 1 heterocycles. The largest absolute Gasteiger partial charge is 0.298 e. The molecule has 0 radical (unpaired) electrons. The van der Waals surface area contributed by atoms with Crippen LogP contribution in [0.2, 0.25) is 0 Å². The molecule has 1 aliphatic carbocycles. The first-order valence-corrected chi connectivity index (χ1v) is 6.01. The molecule has 0 aromatic carbocycles. The van der Waals surface area contributed by atoms with Gasteiger partial charge in [0.2, 0.25) is 0 Å². The zero-order valence-corrected chi connectivity index (χ0v) is 9.17. The van der Waals surface area contributed by atoms with Crippen molar-refractivity contribution >= 4 is 5.78 Å². The molecule has 14 heavy (non-hydrogen) atoms. The van der Waals surface area contributed by atoms with Gasteiger partial charge in [-0.15, -0.1) is 0 Å². The van der Waals surface area contributed by atoms with Gasteiger partial charge in [-0.1, -0.05) is 19.8 Å². The Morgan fingerprint density at radius 2 is 2.14 bits per heavy atom. The number of likely N-dealkylation sites (tertiary alicyclic amines) is 1. The van der Waals surface area contributed by atoms with E-state index in [0.29, 0.717) is 11.8 Å². The molecule has 0 spiro atoms. The van der Waals surface area contributed by atoms with Crippen molar-refractivity contribution in [3.8, 4) is 0 Å². The highest BCUT2D eigenvalue weighted by Gasteiger charge is 2.27. The van der Waals surface area contributed by atoms with Crippen molar-refractivity contribution in [2.45, 2.75) is 51.5 Å². The van der Waals surface area contributed by atoms with Crippen molar-refractivity contribution in [1.82, 2.24) is 4.90 Å². The van der Waals surface area contributed by atoms with Crippen LogP contribution in [-0.4, -0.2) is 29.8 Å². The van der Waals surface area contributed by atoms with Crippen LogP contribution in [0.1, 0.15) is 45.4 Å². The van der Waals surface area contributed by atoms with E-state index in [9.17, 15) is 4.79 Å². The lowest BCUT2D eigenvalue weighted by atomic mass is 9.85. The third-order valence-electron chi connectivity index (χ3n) is 3.71. The first kappa shape index (κ1) is 10.2. The van der Waals surface area contributed by atoms with Crippen LogP contribution in [0.25, 0.3) is 0 Å². The normalized spacial score (nSPS) is 35.9. The zero-order chi connectivity index (χ0) is 9.97. The van der Waals surface area contributed by atoms with E-state index in [1.807, 2.05) is 0 Å². The van der Waals surface area contributed by atoms with E-state index in [1.165, 1.54) is 25.7 Å². The minimum Gasteiger partial charge on any atom is -0.298 e. The summed E-state index contributed by atoms with van der Waals surface area (Å²) in [5, 5.41) is 0. The van der Waals surface area contributed by atoms with E-state index in [1.54, 1.807) is 0 Å². The number of hydrogen-bond acceptors (Lipinski definition) is 2. The maximum atomic E-state index is 11.4. The quantitative estimate of drug-likeness (QED) is 0.639. The van der Waals surface area contributed by atoms with E-state index >= 15 is 0 Å². The predicted molar refractivity (Wildman–Crippen MR) is 57.2 cm³/mol. The summed E-state index contributed by atoms with van der Waals surface area (Å²) in [5.74, 6) is 1.32. The number of carbonyl (C=O) groups is 1. The van der Waals surface area contributed by atoms with Gasteiger partial charge in [-0.05, 0) is 31.7 Å². The van der Waals surface area contributed by atoms with Crippen LogP contribution in [0.15, 0.2) is 0 Å². The minimum absolute atomic E-state index is 0.453. The van der Waals surface area contributed by atoms with Gasteiger partial charge in [0.25, 0.3) is 0 Å². The number of rotatable bonds is 1. The molecule has 0 N–H and O–H groups in total. The lowest BCUT2D eigenvalue weighted by molar-refractivity contribution is -0.123. The number of ketones is 1. The van der Waals surface area contributed by atoms with Gasteiger partial charge in [-0.25, -0.2) is 0 Å². The second-order valence-corrected chi connectivity index (χ2v) is 5.04. The Hall–Kier alpha value is -0.370. The Labute approximate surface area is 86.7 Å². The topological polar surface area (TPSA) is 20.3 Å². The van der Waals surface area contributed by atoms with Crippen molar-refractivity contribution < 1.29 is 4.79 Å². The Morgan fingerprint density at radius 1 is 1.29 bits per heavy atom. The molecular weight excluding hydrogens is 174 g/mol. The van der Waals surface area contributed by atoms with Gasteiger partial charge in [0.05, 0.1) is 6.54 Å². The average molecular weight is 195 g/mol. The highest BCUT2D eigenvalue weighted by atomic mass is 16.1. The monoisotopic (exact) mass is 195 g/mol. The molecule has 2 atom stereocenters. The summed E-state index contributed by atoms with van der Waals surface area (Å²) in [6.45, 7) is 4.23. The van der Waals surface area contributed by atoms with Gasteiger partial charge in [-0.2, -0.15) is 0 Å². The summed E-state index contributed by atoms with van der Waals surface area (Å²) in [4.78, 5) is 13.8. The molecule has 0 aromatic rings. The first-order valence-electron chi connectivity index (χ1n) is 6.01. The molecule has 1 saturated heterocycles. The molecular formula is C12H21NO. The van der Waals surface area contributed by atoms with Crippen LogP contribution in [0.5, 0.6) is 0 Å². The fraction of sp³-hybridized carbons (Fsp3) is 0.917. The van der Waals surface area contributed by atoms with Crippen LogP contribution in [0.3, 0.4) is 0 Å². The third kappa shape index (κ3) is 2.35. The summed E-state index contributed by atoms with van der Waals surface area (Å²) in [6, 6.07) is 0.711. The molecule has 2 unspecified atom stereocenters. The highest BCUT2D eigenvalue weighted by Crippen LogP contribution is 2.28. The molecule has 0 aromatic heterocycles. The molecule has 1 aliphatic heterocycles. The predicted octanol–water partition coefficient (Wildman–Crippen LogP) is 2.23. The molecule has 0 bridgehead atoms. The second kappa shape index (κ2) is 4.43. The van der Waals surface area contributed by atoms with Gasteiger partial charge < -0.3 is 0 Å². The Kier molecular flexibility index (Phi) is 3.22. The van der Waals surface area contributed by atoms with Crippen molar-refractivity contribution in [1.29, 1.82) is 0 Å². The van der Waals surface area contributed by atoms with Gasteiger partial charge >= 0.3 is 0 Å². The lowest BCUT2D eigenvalue weighted by Crippen LogP contribution is -2.44. The smallest absolute Gasteiger partial charge is 0.146 e. The standard InChI is InChI=1S/C12H21NO/c1-10-4-2-5-11(8-10)13-7-3-6-12(14)9-13/h10-11H,2-9H2,1H3. The van der Waals surface area contributed by atoms with Crippen LogP contribution < -0.4 is 0 Å². The van der Waals surface area contributed by atoms with Gasteiger partial charge in [0, 0.05) is 12.5 Å². The van der Waals surface area contributed by atoms with Crippen LogP contribution in [-0.2, 0) is 4.79 Å². The van der Waals surface area contributed by atoms with Gasteiger partial charge in [0.1, 0.15) is 5.78 Å². The summed E-state index contributed by atoms with van der Waals surface area (Å²) in [6.07, 6.45) is 7.28. The van der Waals surface area contributed by atoms with Gasteiger partial charge in [0.15, 0.2) is 0 Å². The van der Waals surface area contributed by atoms with Gasteiger partial charge in [-0.3, -0.25) is 9.69 Å². The number of carbonyl (C=O) groups excluding carboxylic acids is 1. The van der Waals surface area contributed by atoms with Crippen LogP contribution >= 0.6 is 0 Å². The molecule has 2 nitrogen and oxygen atoms in total. The van der Waals surface area contributed by atoms with Crippen molar-refractivity contribution in [2.75, 3.05) is 13.1 Å². The lowest BCUT2D eigenvalue weighted by Gasteiger charge is -2.38. The molecule has 2 fully saturated rings. The summed E-state index contributed by atoms with van der Waals surface area (Å²) >= 11 is 0. The summed E-state index contributed by atoms with van der Waals surface area (Å²) in [7, 11) is 0. The molecule has 2 aliphatic rings. The maximum absolute atomic E-state index is 11.4. The molecule has 1 saturated carbocycles. The molecule has 0 amide bonds. The van der Waals surface area contributed by atoms with E-state index in [2.05, 4.69) is 11.8 Å². The van der Waals surface area contributed by atoms with E-state index in [4.69, 9.17) is 0 Å². The molecule has 2 rings (SSSR count). The van der Waals surface area contributed by atoms with Crippen molar-refractivity contribution in [2.24, 2.45) is 5.92 Å². The second-order valence-electron chi connectivity index (χ2n) is 5.04. The zero-order valence-electron chi connectivity index (χ0n) is 9.17. The Bertz CT molecular complexity index is 214. The Balaban J connectivity index is 1.89. The molecule has 2 heteroatoms. The SMILES string of the molecule is CC1CCCC(N2CCCC(=O)C2)C1. The Morgan fingerprint density at radius 3 is 2.86 bits per heavy atom. The number of nitrogens with zero attached hydrogens (tertiary/aromatic N) is 1. The van der Waals surface area contributed by atoms with Crippen LogP contribution in [0, 0.1) is 5.92 Å². The maximum Gasteiger partial charge on any atom is 0.146 e. The third-order valence-corrected chi connectivity index (χ3v) is 3.71. The fourth-order valence-electron chi connectivity index (χ4n) is 2.91. The first-order chi connectivity index (χ1) is 6.75. The number of hydrogen-bond donors (Lipinski definition) is 0. The van der Waals surface area contributed by atoms with Crippen molar-refractivity contribution in [3.05, 3.63) is 0 Å². The highest BCUT2D eigenvalue weighted by molar-refractivity contribution is 5.81. The van der Waals surface area contributed by atoms with E-state index in [0.717, 1.165) is 31.8 Å². The average Bonchev–Trinajstić information content (AvgIpc) is 2.18. The van der Waals surface area contributed by atoms with E-state index < -0.39 is 0 Å². The van der Waals surface area contributed by atoms with E-state index in [-0.39, 0.29) is 0 Å². The number of Topliss-reactive ketones (excluding diaryl/α,β-unsaturated/α-hetero) is 1. The summed E-state index contributed by atoms with van der Waals surface area (Å²) in [5.41, 5.74) is 0. The summed E-state index contributed by atoms with van der Waals surface area (Å²) < 4.78 is 0. The van der Waals surface area contributed by atoms with Crippen LogP contribution in [0.4, 0.5) is 0 Å². The van der Waals surface area contributed by atoms with Crippen molar-refractivity contribution in [3.63, 3.8) is 0 Å².